The van der Waals surface area contributed by atoms with Crippen molar-refractivity contribution in [1.82, 2.24) is 10.2 Å². The van der Waals surface area contributed by atoms with Gasteiger partial charge in [-0.15, -0.1) is 6.42 Å². The average molecular weight is 193 g/mol. The van der Waals surface area contributed by atoms with Crippen LogP contribution in [0.5, 0.6) is 0 Å². The Balaban J connectivity index is 2.57. The molecule has 1 heterocycles. The SMILES string of the molecule is C#CCOC(=O)Nc1n[nH]c(C)c1C. The minimum Gasteiger partial charge on any atom is -0.436 e. The number of aromatic amines is 1. The third-order valence-corrected chi connectivity index (χ3v) is 1.76. The minimum atomic E-state index is -0.599. The predicted molar refractivity (Wildman–Crippen MR) is 51.9 cm³/mol. The van der Waals surface area contributed by atoms with Crippen LogP contribution in [-0.4, -0.2) is 22.9 Å². The molecule has 0 unspecified atom stereocenters. The number of hydrogen-bond acceptors (Lipinski definition) is 3. The average Bonchev–Trinajstić information content (AvgIpc) is 2.46. The number of aryl methyl sites for hydroxylation is 1. The van der Waals surface area contributed by atoms with E-state index in [1.807, 2.05) is 13.8 Å². The maximum atomic E-state index is 11.1. The van der Waals surface area contributed by atoms with Crippen LogP contribution in [0.4, 0.5) is 10.6 Å². The lowest BCUT2D eigenvalue weighted by molar-refractivity contribution is 0.176. The van der Waals surface area contributed by atoms with Gasteiger partial charge in [0.05, 0.1) is 0 Å². The number of carbonyl (C=O) groups is 1. The molecule has 74 valence electrons. The van der Waals surface area contributed by atoms with Gasteiger partial charge in [0.1, 0.15) is 0 Å². The highest BCUT2D eigenvalue weighted by Gasteiger charge is 2.09. The monoisotopic (exact) mass is 193 g/mol. The van der Waals surface area contributed by atoms with E-state index in [4.69, 9.17) is 6.42 Å². The van der Waals surface area contributed by atoms with Crippen molar-refractivity contribution < 1.29 is 9.53 Å². The minimum absolute atomic E-state index is 0.0473. The van der Waals surface area contributed by atoms with Crippen molar-refractivity contribution in [3.05, 3.63) is 11.3 Å². The molecule has 0 saturated heterocycles. The molecular weight excluding hydrogens is 182 g/mol. The predicted octanol–water partition coefficient (Wildman–Crippen LogP) is 1.21. The van der Waals surface area contributed by atoms with E-state index >= 15 is 0 Å². The van der Waals surface area contributed by atoms with Gasteiger partial charge in [0.2, 0.25) is 0 Å². The van der Waals surface area contributed by atoms with Crippen LogP contribution in [-0.2, 0) is 4.74 Å². The van der Waals surface area contributed by atoms with E-state index < -0.39 is 6.09 Å². The van der Waals surface area contributed by atoms with Crippen molar-refractivity contribution in [2.75, 3.05) is 11.9 Å². The number of ether oxygens (including phenoxy) is 1. The smallest absolute Gasteiger partial charge is 0.413 e. The molecular formula is C9H11N3O2. The summed E-state index contributed by atoms with van der Waals surface area (Å²) in [5.41, 5.74) is 1.78. The quantitative estimate of drug-likeness (QED) is 0.694. The topological polar surface area (TPSA) is 67.0 Å². The molecule has 0 bridgehead atoms. The zero-order valence-corrected chi connectivity index (χ0v) is 8.05. The van der Waals surface area contributed by atoms with Crippen LogP contribution in [0, 0.1) is 26.2 Å². The van der Waals surface area contributed by atoms with Crippen LogP contribution in [0.25, 0.3) is 0 Å². The number of H-pyrrole nitrogens is 1. The normalized spacial score (nSPS) is 9.21. The first kappa shape index (κ1) is 10.1. The molecule has 5 heteroatoms. The van der Waals surface area contributed by atoms with Crippen molar-refractivity contribution in [3.8, 4) is 12.3 Å². The van der Waals surface area contributed by atoms with Gasteiger partial charge in [0, 0.05) is 11.3 Å². The molecule has 1 rings (SSSR count). The molecule has 0 atom stereocenters. The Morgan fingerprint density at radius 3 is 2.93 bits per heavy atom. The van der Waals surface area contributed by atoms with Crippen LogP contribution in [0.15, 0.2) is 0 Å². The van der Waals surface area contributed by atoms with Crippen molar-refractivity contribution in [1.29, 1.82) is 0 Å². The molecule has 0 aliphatic carbocycles. The molecule has 1 aromatic rings. The van der Waals surface area contributed by atoms with Gasteiger partial charge in [-0.05, 0) is 13.8 Å². The Kier molecular flexibility index (Phi) is 3.13. The summed E-state index contributed by atoms with van der Waals surface area (Å²) in [4.78, 5) is 11.1. The molecule has 0 radical (unpaired) electrons. The molecule has 0 aliphatic rings. The first-order valence-corrected chi connectivity index (χ1v) is 4.04. The molecule has 0 fully saturated rings. The van der Waals surface area contributed by atoms with Gasteiger partial charge in [-0.3, -0.25) is 10.4 Å². The summed E-state index contributed by atoms with van der Waals surface area (Å²) in [6.45, 7) is 3.66. The van der Waals surface area contributed by atoms with E-state index in [-0.39, 0.29) is 6.61 Å². The second-order valence-electron chi connectivity index (χ2n) is 2.73. The molecule has 0 spiro atoms. The fourth-order valence-corrected chi connectivity index (χ4v) is 0.847. The summed E-state index contributed by atoms with van der Waals surface area (Å²) in [6, 6.07) is 0. The zero-order chi connectivity index (χ0) is 10.6. The summed E-state index contributed by atoms with van der Waals surface area (Å²) in [5.74, 6) is 2.66. The Bertz CT molecular complexity index is 376. The van der Waals surface area contributed by atoms with Crippen molar-refractivity contribution in [2.45, 2.75) is 13.8 Å². The lowest BCUT2D eigenvalue weighted by Gasteiger charge is -2.01. The summed E-state index contributed by atoms with van der Waals surface area (Å²) in [5, 5.41) is 9.08. The van der Waals surface area contributed by atoms with Gasteiger partial charge in [-0.1, -0.05) is 5.92 Å². The lowest BCUT2D eigenvalue weighted by Crippen LogP contribution is -2.14. The van der Waals surface area contributed by atoms with Crippen molar-refractivity contribution >= 4 is 11.9 Å². The second-order valence-corrected chi connectivity index (χ2v) is 2.73. The van der Waals surface area contributed by atoms with Gasteiger partial charge >= 0.3 is 6.09 Å². The van der Waals surface area contributed by atoms with Gasteiger partial charge in [-0.25, -0.2) is 4.79 Å². The Morgan fingerprint density at radius 2 is 2.43 bits per heavy atom. The molecule has 0 aliphatic heterocycles. The number of aromatic nitrogens is 2. The number of hydrogen-bond donors (Lipinski definition) is 2. The third kappa shape index (κ3) is 2.26. The Labute approximate surface area is 81.8 Å². The molecule has 2 N–H and O–H groups in total. The number of rotatable bonds is 2. The molecule has 0 aromatic carbocycles. The third-order valence-electron chi connectivity index (χ3n) is 1.76. The van der Waals surface area contributed by atoms with Crippen LogP contribution >= 0.6 is 0 Å². The van der Waals surface area contributed by atoms with Crippen LogP contribution < -0.4 is 5.32 Å². The summed E-state index contributed by atoms with van der Waals surface area (Å²) >= 11 is 0. The Morgan fingerprint density at radius 1 is 1.71 bits per heavy atom. The van der Waals surface area contributed by atoms with Gasteiger partial charge in [0.15, 0.2) is 12.4 Å². The second kappa shape index (κ2) is 4.33. The fraction of sp³-hybridized carbons (Fsp3) is 0.333. The molecule has 14 heavy (non-hydrogen) atoms. The number of carbonyl (C=O) groups excluding carboxylic acids is 1. The first-order valence-electron chi connectivity index (χ1n) is 4.04. The van der Waals surface area contributed by atoms with Gasteiger partial charge in [0.25, 0.3) is 0 Å². The number of amides is 1. The Hall–Kier alpha value is -1.96. The molecule has 1 aromatic heterocycles. The summed E-state index contributed by atoms with van der Waals surface area (Å²) < 4.78 is 4.62. The van der Waals surface area contributed by atoms with E-state index in [2.05, 4.69) is 26.2 Å². The van der Waals surface area contributed by atoms with Crippen molar-refractivity contribution in [2.24, 2.45) is 0 Å². The standard InChI is InChI=1S/C9H11N3O2/c1-4-5-14-9(13)10-8-6(2)7(3)11-12-8/h1H,5H2,2-3H3,(H2,10,11,12,13). The van der Waals surface area contributed by atoms with Crippen LogP contribution in [0.1, 0.15) is 11.3 Å². The number of anilines is 1. The van der Waals surface area contributed by atoms with Crippen LogP contribution in [0.2, 0.25) is 0 Å². The van der Waals surface area contributed by atoms with E-state index in [1.165, 1.54) is 0 Å². The van der Waals surface area contributed by atoms with E-state index in [0.29, 0.717) is 5.82 Å². The highest BCUT2D eigenvalue weighted by atomic mass is 16.5. The number of nitrogens with one attached hydrogen (secondary N) is 2. The van der Waals surface area contributed by atoms with Crippen molar-refractivity contribution in [3.63, 3.8) is 0 Å². The maximum Gasteiger partial charge on any atom is 0.413 e. The first-order chi connectivity index (χ1) is 6.65. The van der Waals surface area contributed by atoms with Gasteiger partial charge < -0.3 is 4.74 Å². The zero-order valence-electron chi connectivity index (χ0n) is 8.05. The van der Waals surface area contributed by atoms with Crippen LogP contribution in [0.3, 0.4) is 0 Å². The van der Waals surface area contributed by atoms with E-state index in [1.54, 1.807) is 0 Å². The summed E-state index contributed by atoms with van der Waals surface area (Å²) in [6.07, 6.45) is 4.33. The summed E-state index contributed by atoms with van der Waals surface area (Å²) in [7, 11) is 0. The van der Waals surface area contributed by atoms with Gasteiger partial charge in [-0.2, -0.15) is 5.10 Å². The highest BCUT2D eigenvalue weighted by molar-refractivity contribution is 5.84. The fourth-order valence-electron chi connectivity index (χ4n) is 0.847. The highest BCUT2D eigenvalue weighted by Crippen LogP contribution is 2.13. The largest absolute Gasteiger partial charge is 0.436 e. The van der Waals surface area contributed by atoms with E-state index in [0.717, 1.165) is 11.3 Å². The number of terminal acetylenes is 1. The molecule has 0 saturated carbocycles. The lowest BCUT2D eigenvalue weighted by atomic mass is 10.3. The number of nitrogens with zero attached hydrogens (tertiary/aromatic N) is 1. The van der Waals surface area contributed by atoms with E-state index in [9.17, 15) is 4.79 Å². The maximum absolute atomic E-state index is 11.1. The molecule has 5 nitrogen and oxygen atoms in total. The molecule has 1 amide bonds.